The number of likely N-dealkylation sites (tertiary alicyclic amines) is 1. The largest absolute Gasteiger partial charge is 0.352 e. The molecule has 0 atom stereocenters. The van der Waals surface area contributed by atoms with Gasteiger partial charge in [0.2, 0.25) is 10.0 Å². The van der Waals surface area contributed by atoms with E-state index in [-0.39, 0.29) is 10.8 Å². The van der Waals surface area contributed by atoms with Gasteiger partial charge in [-0.05, 0) is 56.4 Å². The fourth-order valence-electron chi connectivity index (χ4n) is 3.98. The number of hydrogen-bond acceptors (Lipinski definition) is 3. The third-order valence-corrected chi connectivity index (χ3v) is 7.54. The zero-order valence-corrected chi connectivity index (χ0v) is 16.9. The lowest BCUT2D eigenvalue weighted by molar-refractivity contribution is -0.904. The summed E-state index contributed by atoms with van der Waals surface area (Å²) in [7, 11) is -3.44. The van der Waals surface area contributed by atoms with Crippen LogP contribution in [-0.2, 0) is 10.0 Å². The molecule has 150 valence electrons. The summed E-state index contributed by atoms with van der Waals surface area (Å²) in [5.74, 6) is -0.134. The molecule has 1 amide bonds. The molecule has 2 fully saturated rings. The van der Waals surface area contributed by atoms with Gasteiger partial charge in [-0.3, -0.25) is 4.79 Å². The van der Waals surface area contributed by atoms with E-state index >= 15 is 0 Å². The molecular formula is C20H32N3O3S+. The minimum absolute atomic E-state index is 0.134. The summed E-state index contributed by atoms with van der Waals surface area (Å²) in [6.07, 6.45) is 7.87. The maximum atomic E-state index is 12.7. The Balaban J connectivity index is 1.48. The van der Waals surface area contributed by atoms with Crippen molar-refractivity contribution in [3.8, 4) is 0 Å². The van der Waals surface area contributed by atoms with Gasteiger partial charge < -0.3 is 10.2 Å². The van der Waals surface area contributed by atoms with Gasteiger partial charge in [-0.15, -0.1) is 0 Å². The Kier molecular flexibility index (Phi) is 7.26. The van der Waals surface area contributed by atoms with Crippen LogP contribution in [0.4, 0.5) is 0 Å². The van der Waals surface area contributed by atoms with Gasteiger partial charge in [-0.25, -0.2) is 8.42 Å². The van der Waals surface area contributed by atoms with Crippen LogP contribution in [0.2, 0.25) is 0 Å². The van der Waals surface area contributed by atoms with Crippen LogP contribution >= 0.6 is 0 Å². The minimum Gasteiger partial charge on any atom is -0.352 e. The van der Waals surface area contributed by atoms with Crippen LogP contribution in [0.5, 0.6) is 0 Å². The molecular weight excluding hydrogens is 362 g/mol. The molecule has 0 saturated carbocycles. The quantitative estimate of drug-likeness (QED) is 0.679. The van der Waals surface area contributed by atoms with Crippen LogP contribution < -0.4 is 10.2 Å². The van der Waals surface area contributed by atoms with Crippen LogP contribution in [-0.4, -0.2) is 57.9 Å². The van der Waals surface area contributed by atoms with Gasteiger partial charge in [0.1, 0.15) is 0 Å². The lowest BCUT2D eigenvalue weighted by atomic mass is 10.1. The summed E-state index contributed by atoms with van der Waals surface area (Å²) in [5.41, 5.74) is 0.512. The molecule has 0 spiro atoms. The highest BCUT2D eigenvalue weighted by Gasteiger charge is 2.25. The summed E-state index contributed by atoms with van der Waals surface area (Å²) in [6.45, 7) is 5.44. The fraction of sp³-hybridized carbons (Fsp3) is 0.650. The molecule has 3 rings (SSSR count). The lowest BCUT2D eigenvalue weighted by Gasteiger charge is -2.25. The highest BCUT2D eigenvalue weighted by atomic mass is 32.2. The second-order valence-electron chi connectivity index (χ2n) is 7.66. The molecule has 2 heterocycles. The standard InChI is InChI=1S/C20H31N3O3S/c24-20(21-12-7-15-22-13-3-1-4-14-22)18-8-10-19(11-9-18)27(25,26)23-16-5-2-6-17-23/h8-11H,1-7,12-17H2,(H,21,24)/p+1. The molecule has 2 aliphatic rings. The number of amides is 1. The molecule has 2 aliphatic heterocycles. The molecule has 1 aromatic rings. The first kappa shape index (κ1) is 20.3. The van der Waals surface area contributed by atoms with Crippen molar-refractivity contribution < 1.29 is 18.1 Å². The highest BCUT2D eigenvalue weighted by Crippen LogP contribution is 2.20. The Morgan fingerprint density at radius 3 is 2.26 bits per heavy atom. The number of rotatable bonds is 7. The van der Waals surface area contributed by atoms with E-state index < -0.39 is 10.0 Å². The molecule has 1 aromatic carbocycles. The topological polar surface area (TPSA) is 70.9 Å². The Morgan fingerprint density at radius 2 is 1.59 bits per heavy atom. The number of nitrogens with zero attached hydrogens (tertiary/aromatic N) is 1. The third kappa shape index (κ3) is 5.53. The van der Waals surface area contributed by atoms with Crippen LogP contribution in [0.3, 0.4) is 0 Å². The van der Waals surface area contributed by atoms with Crippen LogP contribution in [0.1, 0.15) is 55.3 Å². The molecule has 0 aliphatic carbocycles. The fourth-order valence-corrected chi connectivity index (χ4v) is 5.49. The van der Waals surface area contributed by atoms with E-state index in [1.165, 1.54) is 32.4 Å². The molecule has 0 bridgehead atoms. The minimum atomic E-state index is -3.44. The van der Waals surface area contributed by atoms with Crippen LogP contribution in [0.15, 0.2) is 29.2 Å². The highest BCUT2D eigenvalue weighted by molar-refractivity contribution is 7.89. The predicted molar refractivity (Wildman–Crippen MR) is 105 cm³/mol. The lowest BCUT2D eigenvalue weighted by Crippen LogP contribution is -3.12. The second kappa shape index (κ2) is 9.66. The molecule has 27 heavy (non-hydrogen) atoms. The maximum Gasteiger partial charge on any atom is 0.251 e. The zero-order chi connectivity index (χ0) is 19.1. The van der Waals surface area contributed by atoms with E-state index in [2.05, 4.69) is 5.32 Å². The Labute approximate surface area is 163 Å². The summed E-state index contributed by atoms with van der Waals surface area (Å²) < 4.78 is 26.9. The molecule has 2 N–H and O–H groups in total. The van der Waals surface area contributed by atoms with Crippen molar-refractivity contribution >= 4 is 15.9 Å². The van der Waals surface area contributed by atoms with Gasteiger partial charge >= 0.3 is 0 Å². The summed E-state index contributed by atoms with van der Waals surface area (Å²) in [6, 6.07) is 6.33. The molecule has 7 heteroatoms. The van der Waals surface area contributed by atoms with Crippen molar-refractivity contribution in [2.45, 2.75) is 49.8 Å². The zero-order valence-electron chi connectivity index (χ0n) is 16.1. The van der Waals surface area contributed by atoms with E-state index in [9.17, 15) is 13.2 Å². The number of carbonyl (C=O) groups is 1. The summed E-state index contributed by atoms with van der Waals surface area (Å²) >= 11 is 0. The SMILES string of the molecule is O=C(NCCC[NH+]1CCCCC1)c1ccc(S(=O)(=O)N2CCCCC2)cc1. The summed E-state index contributed by atoms with van der Waals surface area (Å²) in [5, 5.41) is 2.95. The first-order valence-electron chi connectivity index (χ1n) is 10.3. The number of sulfonamides is 1. The summed E-state index contributed by atoms with van der Waals surface area (Å²) in [4.78, 5) is 14.2. The van der Waals surface area contributed by atoms with Crippen molar-refractivity contribution in [1.29, 1.82) is 0 Å². The van der Waals surface area contributed by atoms with Crippen molar-refractivity contribution in [2.24, 2.45) is 0 Å². The maximum absolute atomic E-state index is 12.7. The van der Waals surface area contributed by atoms with Gasteiger partial charge in [-0.2, -0.15) is 4.31 Å². The molecule has 0 aromatic heterocycles. The van der Waals surface area contributed by atoms with Crippen molar-refractivity contribution in [2.75, 3.05) is 39.3 Å². The number of carbonyl (C=O) groups excluding carboxylic acids is 1. The molecule has 0 unspecified atom stereocenters. The Morgan fingerprint density at radius 1 is 0.963 bits per heavy atom. The smallest absolute Gasteiger partial charge is 0.251 e. The molecule has 0 radical (unpaired) electrons. The average molecular weight is 395 g/mol. The average Bonchev–Trinajstić information content (AvgIpc) is 2.72. The van der Waals surface area contributed by atoms with E-state index in [4.69, 9.17) is 0 Å². The predicted octanol–water partition coefficient (Wildman–Crippen LogP) is 1.05. The van der Waals surface area contributed by atoms with Gasteiger partial charge in [0, 0.05) is 31.6 Å². The van der Waals surface area contributed by atoms with Crippen LogP contribution in [0.25, 0.3) is 0 Å². The van der Waals surface area contributed by atoms with Gasteiger partial charge in [0.25, 0.3) is 5.91 Å². The monoisotopic (exact) mass is 394 g/mol. The van der Waals surface area contributed by atoms with Crippen LogP contribution in [0, 0.1) is 0 Å². The number of piperidine rings is 2. The van der Waals surface area contributed by atoms with Crippen molar-refractivity contribution in [3.05, 3.63) is 29.8 Å². The molecule has 2 saturated heterocycles. The van der Waals surface area contributed by atoms with E-state index in [1.54, 1.807) is 33.5 Å². The number of benzene rings is 1. The van der Waals surface area contributed by atoms with Crippen molar-refractivity contribution in [1.82, 2.24) is 9.62 Å². The van der Waals surface area contributed by atoms with E-state index in [0.717, 1.165) is 32.2 Å². The van der Waals surface area contributed by atoms with Gasteiger partial charge in [-0.1, -0.05) is 6.42 Å². The number of hydrogen-bond donors (Lipinski definition) is 2. The first-order chi connectivity index (χ1) is 13.1. The first-order valence-corrected chi connectivity index (χ1v) is 11.7. The van der Waals surface area contributed by atoms with E-state index in [0.29, 0.717) is 25.2 Å². The second-order valence-corrected chi connectivity index (χ2v) is 9.60. The van der Waals surface area contributed by atoms with Gasteiger partial charge in [0.05, 0.1) is 24.5 Å². The normalized spacial score (nSPS) is 19.7. The Bertz CT molecular complexity index is 706. The molecule has 6 nitrogen and oxygen atoms in total. The van der Waals surface area contributed by atoms with Crippen molar-refractivity contribution in [3.63, 3.8) is 0 Å². The Hall–Kier alpha value is -1.44. The number of quaternary nitrogens is 1. The number of nitrogens with one attached hydrogen (secondary N) is 2. The van der Waals surface area contributed by atoms with E-state index in [1.807, 2.05) is 0 Å². The van der Waals surface area contributed by atoms with Gasteiger partial charge in [0.15, 0.2) is 0 Å². The third-order valence-electron chi connectivity index (χ3n) is 5.62.